The van der Waals surface area contributed by atoms with Crippen LogP contribution >= 0.6 is 0 Å². The lowest BCUT2D eigenvalue weighted by atomic mass is 9.99. The summed E-state index contributed by atoms with van der Waals surface area (Å²) >= 11 is 0. The molecule has 0 radical (unpaired) electrons. The van der Waals surface area contributed by atoms with Crippen LogP contribution in [0.1, 0.15) is 31.8 Å². The Bertz CT molecular complexity index is 1300. The van der Waals surface area contributed by atoms with Crippen molar-refractivity contribution in [2.45, 2.75) is 6.92 Å². The molecule has 0 unspecified atom stereocenters. The van der Waals surface area contributed by atoms with E-state index in [9.17, 15) is 18.4 Å². The third-order valence-electron chi connectivity index (χ3n) is 4.61. The molecule has 2 heterocycles. The van der Waals surface area contributed by atoms with Crippen LogP contribution in [0.15, 0.2) is 48.9 Å². The standard InChI is InChI=1S/C21H15F2N5O2/c1-10-2-4-11(5-3-10)28-21-15-13(8-25-20(15)26-9-27-21)18(29)16-14(22)7-6-12(17(16)23)19(24)30/h2-9H,1H3,(H2,24,30)(H2,25,26,27,28). The summed E-state index contributed by atoms with van der Waals surface area (Å²) in [5.41, 5.74) is 5.67. The van der Waals surface area contributed by atoms with Crippen molar-refractivity contribution in [2.75, 3.05) is 5.32 Å². The molecular formula is C21H15F2N5O2. The van der Waals surface area contributed by atoms with Crippen molar-refractivity contribution in [1.82, 2.24) is 15.0 Å². The number of hydrogen-bond acceptors (Lipinski definition) is 5. The number of H-pyrrole nitrogens is 1. The second kappa shape index (κ2) is 7.36. The first-order valence-electron chi connectivity index (χ1n) is 8.85. The van der Waals surface area contributed by atoms with Crippen LogP contribution in [0.4, 0.5) is 20.3 Å². The molecule has 4 N–H and O–H groups in total. The summed E-state index contributed by atoms with van der Waals surface area (Å²) < 4.78 is 29.0. The van der Waals surface area contributed by atoms with E-state index in [-0.39, 0.29) is 16.8 Å². The second-order valence-electron chi connectivity index (χ2n) is 6.62. The summed E-state index contributed by atoms with van der Waals surface area (Å²) in [5.74, 6) is -4.22. The molecule has 2 aromatic carbocycles. The van der Waals surface area contributed by atoms with Crippen molar-refractivity contribution in [2.24, 2.45) is 5.73 Å². The van der Waals surface area contributed by atoms with Crippen molar-refractivity contribution in [3.63, 3.8) is 0 Å². The number of carbonyl (C=O) groups is 2. The number of aromatic amines is 1. The molecule has 2 aromatic heterocycles. The summed E-state index contributed by atoms with van der Waals surface area (Å²) in [6, 6.07) is 9.16. The van der Waals surface area contributed by atoms with Crippen LogP contribution in [0.3, 0.4) is 0 Å². The Morgan fingerprint density at radius 2 is 1.77 bits per heavy atom. The van der Waals surface area contributed by atoms with E-state index in [1.54, 1.807) is 0 Å². The van der Waals surface area contributed by atoms with Gasteiger partial charge in [0.05, 0.1) is 22.1 Å². The third-order valence-corrected chi connectivity index (χ3v) is 4.61. The fourth-order valence-electron chi connectivity index (χ4n) is 3.10. The highest BCUT2D eigenvalue weighted by atomic mass is 19.1. The Morgan fingerprint density at radius 1 is 1.03 bits per heavy atom. The number of rotatable bonds is 5. The number of primary amides is 1. The molecule has 0 aliphatic heterocycles. The van der Waals surface area contributed by atoms with Crippen molar-refractivity contribution >= 4 is 34.2 Å². The van der Waals surface area contributed by atoms with E-state index in [1.165, 1.54) is 12.5 Å². The van der Waals surface area contributed by atoms with Gasteiger partial charge in [-0.25, -0.2) is 18.7 Å². The number of aryl methyl sites for hydroxylation is 1. The Hall–Kier alpha value is -4.14. The molecule has 4 aromatic rings. The highest BCUT2D eigenvalue weighted by molar-refractivity contribution is 6.19. The maximum atomic E-state index is 14.7. The molecule has 0 bridgehead atoms. The van der Waals surface area contributed by atoms with E-state index in [0.717, 1.165) is 17.7 Å². The summed E-state index contributed by atoms with van der Waals surface area (Å²) in [6.07, 6.45) is 2.58. The molecule has 0 spiro atoms. The number of hydrogen-bond donors (Lipinski definition) is 3. The zero-order valence-corrected chi connectivity index (χ0v) is 15.7. The number of nitrogens with one attached hydrogen (secondary N) is 2. The fraction of sp³-hybridized carbons (Fsp3) is 0.0476. The molecule has 4 rings (SSSR count). The number of amides is 1. The largest absolute Gasteiger partial charge is 0.366 e. The number of anilines is 2. The summed E-state index contributed by atoms with van der Waals surface area (Å²) in [7, 11) is 0. The number of ketones is 1. The number of carbonyl (C=O) groups excluding carboxylic acids is 2. The highest BCUT2D eigenvalue weighted by Gasteiger charge is 2.27. The molecular weight excluding hydrogens is 392 g/mol. The fourth-order valence-corrected chi connectivity index (χ4v) is 3.10. The van der Waals surface area contributed by atoms with E-state index in [2.05, 4.69) is 20.3 Å². The van der Waals surface area contributed by atoms with Gasteiger partial charge in [-0.1, -0.05) is 17.7 Å². The molecule has 0 aliphatic rings. The maximum Gasteiger partial charge on any atom is 0.251 e. The second-order valence-corrected chi connectivity index (χ2v) is 6.62. The lowest BCUT2D eigenvalue weighted by Gasteiger charge is -2.09. The first kappa shape index (κ1) is 19.2. The SMILES string of the molecule is Cc1ccc(Nc2ncnc3[nH]cc(C(=O)c4c(F)ccc(C(N)=O)c4F)c23)cc1. The molecule has 0 aliphatic carbocycles. The van der Waals surface area contributed by atoms with Crippen LogP contribution in [0.25, 0.3) is 11.0 Å². The number of aromatic nitrogens is 3. The summed E-state index contributed by atoms with van der Waals surface area (Å²) in [4.78, 5) is 35.5. The van der Waals surface area contributed by atoms with E-state index in [0.29, 0.717) is 11.3 Å². The van der Waals surface area contributed by atoms with Crippen molar-refractivity contribution < 1.29 is 18.4 Å². The minimum Gasteiger partial charge on any atom is -0.366 e. The molecule has 150 valence electrons. The molecule has 0 saturated heterocycles. The number of halogens is 2. The molecule has 7 nitrogen and oxygen atoms in total. The van der Waals surface area contributed by atoms with E-state index in [1.807, 2.05) is 31.2 Å². The normalized spacial score (nSPS) is 10.9. The van der Waals surface area contributed by atoms with Gasteiger partial charge < -0.3 is 16.0 Å². The zero-order chi connectivity index (χ0) is 21.4. The lowest BCUT2D eigenvalue weighted by molar-refractivity contribution is 0.0996. The molecule has 0 atom stereocenters. The van der Waals surface area contributed by atoms with Crippen LogP contribution < -0.4 is 11.1 Å². The van der Waals surface area contributed by atoms with Gasteiger partial charge in [0.15, 0.2) is 0 Å². The Labute approximate surface area is 169 Å². The summed E-state index contributed by atoms with van der Waals surface area (Å²) in [6.45, 7) is 1.94. The van der Waals surface area contributed by atoms with Gasteiger partial charge in [-0.05, 0) is 31.2 Å². The van der Waals surface area contributed by atoms with Gasteiger partial charge in [-0.2, -0.15) is 0 Å². The van der Waals surface area contributed by atoms with Crippen LogP contribution in [-0.4, -0.2) is 26.6 Å². The Balaban J connectivity index is 1.84. The molecule has 1 amide bonds. The van der Waals surface area contributed by atoms with Gasteiger partial charge in [0, 0.05) is 11.9 Å². The topological polar surface area (TPSA) is 114 Å². The number of benzene rings is 2. The smallest absolute Gasteiger partial charge is 0.251 e. The minimum absolute atomic E-state index is 0.0559. The minimum atomic E-state index is -1.31. The first-order chi connectivity index (χ1) is 14.4. The number of nitrogens with two attached hydrogens (primary N) is 1. The monoisotopic (exact) mass is 407 g/mol. The van der Waals surface area contributed by atoms with Gasteiger partial charge in [0.2, 0.25) is 5.78 Å². The van der Waals surface area contributed by atoms with Crippen LogP contribution in [-0.2, 0) is 0 Å². The zero-order valence-electron chi connectivity index (χ0n) is 15.7. The maximum absolute atomic E-state index is 14.7. The van der Waals surface area contributed by atoms with Gasteiger partial charge >= 0.3 is 0 Å². The number of nitrogens with zero attached hydrogens (tertiary/aromatic N) is 2. The van der Waals surface area contributed by atoms with Crippen LogP contribution in [0.2, 0.25) is 0 Å². The van der Waals surface area contributed by atoms with E-state index < -0.39 is 34.5 Å². The van der Waals surface area contributed by atoms with Crippen molar-refractivity contribution in [3.05, 3.63) is 82.8 Å². The Morgan fingerprint density at radius 3 is 2.47 bits per heavy atom. The van der Waals surface area contributed by atoms with Gasteiger partial charge in [0.25, 0.3) is 5.91 Å². The highest BCUT2D eigenvalue weighted by Crippen LogP contribution is 2.29. The third kappa shape index (κ3) is 3.26. The molecule has 0 saturated carbocycles. The van der Waals surface area contributed by atoms with Gasteiger partial charge in [0.1, 0.15) is 29.4 Å². The number of fused-ring (bicyclic) bond motifs is 1. The van der Waals surface area contributed by atoms with Gasteiger partial charge in [-0.3, -0.25) is 9.59 Å². The quantitative estimate of drug-likeness (QED) is 0.437. The van der Waals surface area contributed by atoms with Gasteiger partial charge in [-0.15, -0.1) is 0 Å². The molecule has 9 heteroatoms. The molecule has 30 heavy (non-hydrogen) atoms. The van der Waals surface area contributed by atoms with Crippen molar-refractivity contribution in [1.29, 1.82) is 0 Å². The van der Waals surface area contributed by atoms with E-state index in [4.69, 9.17) is 5.73 Å². The first-order valence-corrected chi connectivity index (χ1v) is 8.85. The van der Waals surface area contributed by atoms with Crippen molar-refractivity contribution in [3.8, 4) is 0 Å². The molecule has 0 fully saturated rings. The predicted octanol–water partition coefficient (Wildman–Crippen LogP) is 3.62. The average Bonchev–Trinajstić information content (AvgIpc) is 3.14. The lowest BCUT2D eigenvalue weighted by Crippen LogP contribution is -2.17. The summed E-state index contributed by atoms with van der Waals surface area (Å²) in [5, 5.41) is 3.34. The predicted molar refractivity (Wildman–Crippen MR) is 107 cm³/mol. The van der Waals surface area contributed by atoms with Crippen LogP contribution in [0.5, 0.6) is 0 Å². The average molecular weight is 407 g/mol. The Kier molecular flexibility index (Phi) is 4.71. The van der Waals surface area contributed by atoms with E-state index >= 15 is 0 Å². The van der Waals surface area contributed by atoms with Crippen LogP contribution in [0, 0.1) is 18.6 Å².